The van der Waals surface area contributed by atoms with Gasteiger partial charge in [0.2, 0.25) is 5.82 Å². The number of rotatable bonds is 4. The lowest BCUT2D eigenvalue weighted by Crippen LogP contribution is -2.13. The van der Waals surface area contributed by atoms with Crippen LogP contribution in [0, 0.1) is 0 Å². The van der Waals surface area contributed by atoms with Crippen molar-refractivity contribution in [2.24, 2.45) is 0 Å². The summed E-state index contributed by atoms with van der Waals surface area (Å²) in [6.07, 6.45) is -3.33. The minimum atomic E-state index is -4.69. The summed E-state index contributed by atoms with van der Waals surface area (Å²) < 4.78 is 51.3. The molecule has 0 radical (unpaired) electrons. The fourth-order valence-corrected chi connectivity index (χ4v) is 2.44. The first-order valence-electron chi connectivity index (χ1n) is 7.12. The van der Waals surface area contributed by atoms with Gasteiger partial charge in [0.25, 0.3) is 0 Å². The molecule has 0 bridgehead atoms. The highest BCUT2D eigenvalue weighted by Gasteiger charge is 2.36. The first-order valence-corrected chi connectivity index (χ1v) is 7.12. The largest absolute Gasteiger partial charge is 0.493 e. The van der Waals surface area contributed by atoms with Crippen molar-refractivity contribution < 1.29 is 22.6 Å². The van der Waals surface area contributed by atoms with Crippen molar-refractivity contribution in [1.82, 2.24) is 19.5 Å². The first kappa shape index (κ1) is 16.8. The number of fused-ring (bicyclic) bond motifs is 1. The highest BCUT2D eigenvalue weighted by Crippen LogP contribution is 2.36. The second kappa shape index (κ2) is 6.11. The molecule has 0 aliphatic rings. The van der Waals surface area contributed by atoms with Gasteiger partial charge >= 0.3 is 6.18 Å². The van der Waals surface area contributed by atoms with Crippen molar-refractivity contribution in [2.45, 2.75) is 6.18 Å². The molecule has 7 nitrogen and oxygen atoms in total. The van der Waals surface area contributed by atoms with Crippen LogP contribution in [-0.4, -0.2) is 40.8 Å². The molecule has 1 N–H and O–H groups in total. The van der Waals surface area contributed by atoms with Gasteiger partial charge in [0.1, 0.15) is 6.33 Å². The Bertz CT molecular complexity index is 923. The Morgan fingerprint density at radius 2 is 1.88 bits per heavy atom. The number of halogens is 3. The average Bonchev–Trinajstić information content (AvgIpc) is 3.03. The molecule has 0 saturated heterocycles. The molecule has 0 aliphatic carbocycles. The molecular weight excluding hydrogens is 339 g/mol. The van der Waals surface area contributed by atoms with E-state index in [0.29, 0.717) is 17.2 Å². The predicted octanol–water partition coefficient (Wildman–Crippen LogP) is 2.89. The number of hydrogen-bond acceptors (Lipinski definition) is 6. The van der Waals surface area contributed by atoms with E-state index in [1.807, 2.05) is 0 Å². The van der Waals surface area contributed by atoms with Gasteiger partial charge in [-0.1, -0.05) is 6.07 Å². The fourth-order valence-electron chi connectivity index (χ4n) is 2.44. The van der Waals surface area contributed by atoms with E-state index in [1.54, 1.807) is 18.2 Å². The van der Waals surface area contributed by atoms with Crippen LogP contribution in [0.3, 0.4) is 0 Å². The number of anilines is 1. The van der Waals surface area contributed by atoms with Gasteiger partial charge in [-0.15, -0.1) is 0 Å². The number of nitrogens with one attached hydrogen (secondary N) is 1. The minimum absolute atomic E-state index is 0.00164. The van der Waals surface area contributed by atoms with E-state index in [9.17, 15) is 13.2 Å². The summed E-state index contributed by atoms with van der Waals surface area (Å²) in [5, 5.41) is 2.62. The monoisotopic (exact) mass is 353 g/mol. The zero-order chi connectivity index (χ0) is 18.2. The third kappa shape index (κ3) is 2.79. The molecule has 132 valence electrons. The maximum Gasteiger partial charge on any atom is 0.451 e. The molecule has 0 atom stereocenters. The molecule has 0 fully saturated rings. The number of nitrogens with zero attached hydrogens (tertiary/aromatic N) is 4. The van der Waals surface area contributed by atoms with Crippen LogP contribution < -0.4 is 14.8 Å². The summed E-state index contributed by atoms with van der Waals surface area (Å²) in [7, 11) is 4.37. The third-order valence-corrected chi connectivity index (χ3v) is 3.53. The Labute approximate surface area is 140 Å². The molecule has 0 aliphatic heterocycles. The molecule has 2 aromatic heterocycles. The Hall–Kier alpha value is -3.04. The summed E-state index contributed by atoms with van der Waals surface area (Å²) in [6.45, 7) is 0. The molecule has 3 rings (SSSR count). The quantitative estimate of drug-likeness (QED) is 0.777. The topological polar surface area (TPSA) is 74.1 Å². The number of aromatic nitrogens is 4. The molecule has 3 aromatic rings. The van der Waals surface area contributed by atoms with Gasteiger partial charge in [0.05, 0.1) is 19.9 Å². The number of alkyl halides is 3. The van der Waals surface area contributed by atoms with Crippen molar-refractivity contribution >= 4 is 17.0 Å². The minimum Gasteiger partial charge on any atom is -0.493 e. The SMILES string of the molecule is CNc1nc(C(F)(F)F)nc2c1ncn2-c1cccc(OC)c1OC. The summed E-state index contributed by atoms with van der Waals surface area (Å²) in [4.78, 5) is 11.3. The Kier molecular flexibility index (Phi) is 4.11. The van der Waals surface area contributed by atoms with Crippen LogP contribution in [-0.2, 0) is 6.18 Å². The fraction of sp³-hybridized carbons (Fsp3) is 0.267. The van der Waals surface area contributed by atoms with Crippen molar-refractivity contribution in [1.29, 1.82) is 0 Å². The summed E-state index contributed by atoms with van der Waals surface area (Å²) in [5.41, 5.74) is 0.650. The van der Waals surface area contributed by atoms with Crippen LogP contribution in [0.5, 0.6) is 11.5 Å². The Morgan fingerprint density at radius 3 is 2.48 bits per heavy atom. The molecular formula is C15H14F3N5O2. The number of hydrogen-bond donors (Lipinski definition) is 1. The van der Waals surface area contributed by atoms with Crippen LogP contribution in [0.1, 0.15) is 5.82 Å². The van der Waals surface area contributed by atoms with Crippen LogP contribution in [0.25, 0.3) is 16.9 Å². The van der Waals surface area contributed by atoms with Gasteiger partial charge in [-0.2, -0.15) is 13.2 Å². The maximum atomic E-state index is 13.1. The van der Waals surface area contributed by atoms with Crippen molar-refractivity contribution in [3.05, 3.63) is 30.4 Å². The van der Waals surface area contributed by atoms with Gasteiger partial charge in [0.15, 0.2) is 28.5 Å². The Morgan fingerprint density at radius 1 is 1.12 bits per heavy atom. The van der Waals surface area contributed by atoms with Crippen molar-refractivity contribution in [3.8, 4) is 17.2 Å². The van der Waals surface area contributed by atoms with E-state index in [1.165, 1.54) is 32.2 Å². The van der Waals surface area contributed by atoms with Gasteiger partial charge < -0.3 is 14.8 Å². The van der Waals surface area contributed by atoms with E-state index in [-0.39, 0.29) is 17.0 Å². The lowest BCUT2D eigenvalue weighted by atomic mass is 10.2. The predicted molar refractivity (Wildman–Crippen MR) is 84.3 cm³/mol. The van der Waals surface area contributed by atoms with Crippen LogP contribution >= 0.6 is 0 Å². The maximum absolute atomic E-state index is 13.1. The summed E-state index contributed by atoms with van der Waals surface area (Å²) in [5.74, 6) is -0.492. The second-order valence-corrected chi connectivity index (χ2v) is 4.94. The summed E-state index contributed by atoms with van der Waals surface area (Å²) >= 11 is 0. The van der Waals surface area contributed by atoms with Gasteiger partial charge in [0, 0.05) is 7.05 Å². The van der Waals surface area contributed by atoms with Crippen molar-refractivity contribution in [3.63, 3.8) is 0 Å². The van der Waals surface area contributed by atoms with E-state index in [4.69, 9.17) is 9.47 Å². The molecule has 0 unspecified atom stereocenters. The number of methoxy groups -OCH3 is 2. The molecule has 0 amide bonds. The smallest absolute Gasteiger partial charge is 0.451 e. The zero-order valence-electron chi connectivity index (χ0n) is 13.5. The molecule has 0 saturated carbocycles. The van der Waals surface area contributed by atoms with E-state index in [0.717, 1.165) is 0 Å². The number of imidazole rings is 1. The first-order chi connectivity index (χ1) is 11.9. The zero-order valence-corrected chi connectivity index (χ0v) is 13.5. The van der Waals surface area contributed by atoms with Crippen molar-refractivity contribution in [2.75, 3.05) is 26.6 Å². The van der Waals surface area contributed by atoms with E-state index in [2.05, 4.69) is 20.3 Å². The number of ether oxygens (including phenoxy) is 2. The normalized spacial score (nSPS) is 11.6. The van der Waals surface area contributed by atoms with Gasteiger partial charge in [-0.3, -0.25) is 4.57 Å². The summed E-state index contributed by atoms with van der Waals surface area (Å²) in [6, 6.07) is 5.03. The molecule has 2 heterocycles. The third-order valence-electron chi connectivity index (χ3n) is 3.53. The standard InChI is InChI=1S/C15H14F3N5O2/c1-19-12-10-13(22-14(21-12)15(16,17)18)23(7-20-10)8-5-4-6-9(24-2)11(8)25-3/h4-7H,1-3H3,(H,19,21,22). The number of benzene rings is 1. The average molecular weight is 353 g/mol. The lowest BCUT2D eigenvalue weighted by molar-refractivity contribution is -0.144. The second-order valence-electron chi connectivity index (χ2n) is 4.94. The highest BCUT2D eigenvalue weighted by atomic mass is 19.4. The molecule has 25 heavy (non-hydrogen) atoms. The van der Waals surface area contributed by atoms with Crippen LogP contribution in [0.15, 0.2) is 24.5 Å². The van der Waals surface area contributed by atoms with Crippen LogP contribution in [0.2, 0.25) is 0 Å². The number of para-hydroxylation sites is 1. The molecule has 10 heteroatoms. The van der Waals surface area contributed by atoms with Gasteiger partial charge in [-0.25, -0.2) is 15.0 Å². The van der Waals surface area contributed by atoms with Crippen LogP contribution in [0.4, 0.5) is 19.0 Å². The molecule has 1 aromatic carbocycles. The van der Waals surface area contributed by atoms with E-state index >= 15 is 0 Å². The molecule has 0 spiro atoms. The van der Waals surface area contributed by atoms with E-state index < -0.39 is 12.0 Å². The van der Waals surface area contributed by atoms with Gasteiger partial charge in [-0.05, 0) is 12.1 Å². The lowest BCUT2D eigenvalue weighted by Gasteiger charge is -2.14. The Balaban J connectivity index is 2.32. The highest BCUT2D eigenvalue weighted by molar-refractivity contribution is 5.84.